The van der Waals surface area contributed by atoms with Crippen LogP contribution >= 0.6 is 11.6 Å². The van der Waals surface area contributed by atoms with Gasteiger partial charge in [0, 0.05) is 29.7 Å². The first kappa shape index (κ1) is 16.4. The molecule has 1 unspecified atom stereocenters. The lowest BCUT2D eigenvalue weighted by atomic mass is 9.95. The van der Waals surface area contributed by atoms with Crippen LogP contribution in [0, 0.1) is 0 Å². The smallest absolute Gasteiger partial charge is 0.135 e. The van der Waals surface area contributed by atoms with Gasteiger partial charge in [-0.15, -0.1) is 0 Å². The average molecular weight is 362 g/mol. The van der Waals surface area contributed by atoms with E-state index in [1.807, 2.05) is 17.0 Å². The van der Waals surface area contributed by atoms with Crippen LogP contribution in [0.25, 0.3) is 0 Å². The third-order valence-corrected chi connectivity index (χ3v) is 4.95. The molecule has 2 heterocycles. The minimum Gasteiger partial charge on any atom is -0.496 e. The maximum atomic E-state index is 10.7. The van der Waals surface area contributed by atoms with Gasteiger partial charge in [-0.25, -0.2) is 9.97 Å². The van der Waals surface area contributed by atoms with Crippen LogP contribution in [0.1, 0.15) is 41.8 Å². The van der Waals surface area contributed by atoms with Crippen molar-refractivity contribution in [2.75, 3.05) is 25.7 Å². The molecule has 1 fully saturated rings. The molecule has 0 bridgehead atoms. The molecule has 1 aliphatic carbocycles. The summed E-state index contributed by atoms with van der Waals surface area (Å²) in [5, 5.41) is 11.2. The van der Waals surface area contributed by atoms with Gasteiger partial charge in [0.2, 0.25) is 0 Å². The molecule has 25 heavy (non-hydrogen) atoms. The van der Waals surface area contributed by atoms with Crippen LogP contribution in [-0.2, 0) is 6.54 Å². The highest BCUT2D eigenvalue weighted by Crippen LogP contribution is 2.42. The van der Waals surface area contributed by atoms with E-state index in [2.05, 4.69) is 9.97 Å². The van der Waals surface area contributed by atoms with Crippen molar-refractivity contribution < 1.29 is 14.6 Å². The minimum atomic E-state index is -0.702. The predicted octanol–water partition coefficient (Wildman–Crippen LogP) is 3.08. The number of β-amino-alcohol motifs (C(OH)–C–C–N with tert-alkyl or cyclic N) is 1. The van der Waals surface area contributed by atoms with Crippen molar-refractivity contribution in [1.29, 1.82) is 0 Å². The lowest BCUT2D eigenvalue weighted by Gasteiger charge is -2.34. The van der Waals surface area contributed by atoms with Gasteiger partial charge in [0.25, 0.3) is 0 Å². The molecule has 1 N–H and O–H groups in total. The number of fused-ring (bicyclic) bond motifs is 1. The monoisotopic (exact) mass is 361 g/mol. The van der Waals surface area contributed by atoms with Crippen LogP contribution in [0.2, 0.25) is 5.15 Å². The lowest BCUT2D eigenvalue weighted by molar-refractivity contribution is 0.169. The van der Waals surface area contributed by atoms with Gasteiger partial charge in [0.1, 0.15) is 34.4 Å². The van der Waals surface area contributed by atoms with Crippen molar-refractivity contribution >= 4 is 17.4 Å². The van der Waals surface area contributed by atoms with Crippen molar-refractivity contribution in [3.8, 4) is 11.5 Å². The first-order chi connectivity index (χ1) is 12.1. The zero-order valence-electron chi connectivity index (χ0n) is 14.2. The second-order valence-corrected chi connectivity index (χ2v) is 6.83. The van der Waals surface area contributed by atoms with E-state index in [1.54, 1.807) is 20.3 Å². The molecule has 4 rings (SSSR count). The van der Waals surface area contributed by atoms with Crippen molar-refractivity contribution in [2.24, 2.45) is 0 Å². The molecule has 1 saturated carbocycles. The van der Waals surface area contributed by atoms with Crippen LogP contribution in [-0.4, -0.2) is 35.8 Å². The Bertz CT molecular complexity index is 810. The molecule has 1 atom stereocenters. The molecule has 132 valence electrons. The van der Waals surface area contributed by atoms with Gasteiger partial charge < -0.3 is 19.5 Å². The second-order valence-electron chi connectivity index (χ2n) is 6.44. The number of methoxy groups -OCH3 is 2. The summed E-state index contributed by atoms with van der Waals surface area (Å²) in [5.74, 6) is 3.33. The third-order valence-electron chi connectivity index (χ3n) is 4.75. The molecule has 1 aromatic carbocycles. The molecule has 1 aliphatic heterocycles. The minimum absolute atomic E-state index is 0.411. The van der Waals surface area contributed by atoms with E-state index in [4.69, 9.17) is 21.1 Å². The van der Waals surface area contributed by atoms with E-state index in [0.717, 1.165) is 41.4 Å². The van der Waals surface area contributed by atoms with Crippen molar-refractivity contribution in [2.45, 2.75) is 31.4 Å². The third kappa shape index (κ3) is 3.00. The van der Waals surface area contributed by atoms with Crippen LogP contribution in [0.15, 0.2) is 18.2 Å². The number of anilines is 1. The Kier molecular flexibility index (Phi) is 4.17. The summed E-state index contributed by atoms with van der Waals surface area (Å²) in [6.07, 6.45) is 1.51. The lowest BCUT2D eigenvalue weighted by Crippen LogP contribution is -2.35. The van der Waals surface area contributed by atoms with Crippen LogP contribution in [0.4, 0.5) is 5.82 Å². The highest BCUT2D eigenvalue weighted by atomic mass is 35.5. The number of aliphatic hydroxyl groups excluding tert-OH is 1. The Morgan fingerprint density at radius 3 is 2.56 bits per heavy atom. The van der Waals surface area contributed by atoms with E-state index < -0.39 is 6.10 Å². The fourth-order valence-electron chi connectivity index (χ4n) is 3.36. The molecule has 2 aromatic rings. The molecule has 2 aliphatic rings. The Hall–Kier alpha value is -2.05. The zero-order chi connectivity index (χ0) is 17.6. The highest BCUT2D eigenvalue weighted by Gasteiger charge is 2.32. The maximum Gasteiger partial charge on any atom is 0.135 e. The van der Waals surface area contributed by atoms with Crippen molar-refractivity contribution in [3.63, 3.8) is 0 Å². The number of nitrogens with zero attached hydrogens (tertiary/aromatic N) is 3. The van der Waals surface area contributed by atoms with Gasteiger partial charge in [-0.1, -0.05) is 11.6 Å². The first-order valence-corrected chi connectivity index (χ1v) is 8.69. The second kappa shape index (κ2) is 6.35. The zero-order valence-corrected chi connectivity index (χ0v) is 15.0. The number of hydrogen-bond donors (Lipinski definition) is 1. The number of hydrogen-bond acceptors (Lipinski definition) is 6. The highest BCUT2D eigenvalue weighted by molar-refractivity contribution is 6.29. The Labute approximate surface area is 151 Å². The van der Waals surface area contributed by atoms with E-state index in [-0.39, 0.29) is 0 Å². The number of benzene rings is 1. The van der Waals surface area contributed by atoms with Crippen molar-refractivity contribution in [1.82, 2.24) is 9.97 Å². The molecule has 0 spiro atoms. The molecule has 0 amide bonds. The maximum absolute atomic E-state index is 10.7. The summed E-state index contributed by atoms with van der Waals surface area (Å²) in [6, 6.07) is 5.43. The number of ether oxygens (including phenoxy) is 2. The van der Waals surface area contributed by atoms with Gasteiger partial charge in [0.15, 0.2) is 0 Å². The molecule has 6 nitrogen and oxygen atoms in total. The van der Waals surface area contributed by atoms with Gasteiger partial charge in [-0.3, -0.25) is 0 Å². The van der Waals surface area contributed by atoms with Crippen LogP contribution < -0.4 is 14.4 Å². The largest absolute Gasteiger partial charge is 0.496 e. The Morgan fingerprint density at radius 2 is 1.88 bits per heavy atom. The molecule has 0 radical (unpaired) electrons. The number of halogens is 1. The Morgan fingerprint density at radius 1 is 1.16 bits per heavy atom. The normalized spacial score (nSPS) is 19.5. The quantitative estimate of drug-likeness (QED) is 0.844. The molecular formula is C18H20ClN3O3. The molecule has 7 heteroatoms. The summed E-state index contributed by atoms with van der Waals surface area (Å²) in [6.45, 7) is 0.970. The standard InChI is InChI=1S/C18H20ClN3O3/c1-24-13-5-6-14(25-2)17-11(13)8-22(9-12(17)23)16-7-15(19)20-18(21-16)10-3-4-10/h5-7,10,12,23H,3-4,8-9H2,1-2H3. The average Bonchev–Trinajstić information content (AvgIpc) is 3.45. The first-order valence-electron chi connectivity index (χ1n) is 8.32. The summed E-state index contributed by atoms with van der Waals surface area (Å²) >= 11 is 6.20. The van der Waals surface area contributed by atoms with E-state index >= 15 is 0 Å². The Balaban J connectivity index is 1.74. The summed E-state index contributed by atoms with van der Waals surface area (Å²) in [4.78, 5) is 11.0. The number of aromatic nitrogens is 2. The topological polar surface area (TPSA) is 67.7 Å². The van der Waals surface area contributed by atoms with E-state index in [0.29, 0.717) is 29.9 Å². The summed E-state index contributed by atoms with van der Waals surface area (Å²) < 4.78 is 10.9. The van der Waals surface area contributed by atoms with Crippen LogP contribution in [0.3, 0.4) is 0 Å². The van der Waals surface area contributed by atoms with E-state index in [1.165, 1.54) is 0 Å². The van der Waals surface area contributed by atoms with Crippen molar-refractivity contribution in [3.05, 3.63) is 40.3 Å². The molecule has 1 aromatic heterocycles. The summed E-state index contributed by atoms with van der Waals surface area (Å²) in [5.41, 5.74) is 1.68. The molecule has 0 saturated heterocycles. The van der Waals surface area contributed by atoms with Gasteiger partial charge >= 0.3 is 0 Å². The predicted molar refractivity (Wildman–Crippen MR) is 94.6 cm³/mol. The fraction of sp³-hybridized carbons (Fsp3) is 0.444. The summed E-state index contributed by atoms with van der Waals surface area (Å²) in [7, 11) is 3.23. The number of aliphatic hydroxyl groups is 1. The van der Waals surface area contributed by atoms with Gasteiger partial charge in [-0.05, 0) is 25.0 Å². The van der Waals surface area contributed by atoms with E-state index in [9.17, 15) is 5.11 Å². The van der Waals surface area contributed by atoms with Gasteiger partial charge in [0.05, 0.1) is 20.8 Å². The number of rotatable bonds is 4. The molecular weight excluding hydrogens is 342 g/mol. The fourth-order valence-corrected chi connectivity index (χ4v) is 3.54. The SMILES string of the molecule is COc1ccc(OC)c2c1CN(c1cc(Cl)nc(C3CC3)n1)CC2O. The van der Waals surface area contributed by atoms with Gasteiger partial charge in [-0.2, -0.15) is 0 Å². The van der Waals surface area contributed by atoms with Crippen LogP contribution in [0.5, 0.6) is 11.5 Å².